The summed E-state index contributed by atoms with van der Waals surface area (Å²) in [4.78, 5) is 2.25. The van der Waals surface area contributed by atoms with E-state index in [0.717, 1.165) is 13.0 Å². The van der Waals surface area contributed by atoms with E-state index < -0.39 is 0 Å². The maximum atomic E-state index is 2.47. The molecule has 0 heterocycles. The van der Waals surface area contributed by atoms with Gasteiger partial charge in [0.1, 0.15) is 0 Å². The van der Waals surface area contributed by atoms with E-state index in [1.54, 1.807) is 11.1 Å². The largest absolute Gasteiger partial charge is 0.309 e. The minimum atomic E-state index is 1.16. The fourth-order valence-corrected chi connectivity index (χ4v) is 2.70. The van der Waals surface area contributed by atoms with Gasteiger partial charge in [-0.1, -0.05) is 24.6 Å². The lowest BCUT2D eigenvalue weighted by Gasteiger charge is -2.16. The molecule has 1 saturated carbocycles. The van der Waals surface area contributed by atoms with Crippen molar-refractivity contribution in [1.29, 1.82) is 0 Å². The second-order valence-electron chi connectivity index (χ2n) is 5.53. The van der Waals surface area contributed by atoms with Crippen LogP contribution in [-0.2, 0) is 0 Å². The van der Waals surface area contributed by atoms with Crippen molar-refractivity contribution in [3.05, 3.63) is 34.9 Å². The van der Waals surface area contributed by atoms with Gasteiger partial charge in [0.15, 0.2) is 0 Å². The van der Waals surface area contributed by atoms with E-state index in [4.69, 9.17) is 0 Å². The zero-order valence-corrected chi connectivity index (χ0v) is 11.3. The standard InChI is InChI=1S/C16H25N/c1-17(2)12-6-7-14-10-11-15-8-4-3-5-9-16(15)13-14/h7,11,13H,3-6,8-10,12H2,1-2H3/b14-7-. The summed E-state index contributed by atoms with van der Waals surface area (Å²) in [6.45, 7) is 1.16. The number of hydrogen-bond donors (Lipinski definition) is 0. The van der Waals surface area contributed by atoms with E-state index in [9.17, 15) is 0 Å². The van der Waals surface area contributed by atoms with Gasteiger partial charge in [0, 0.05) is 6.54 Å². The molecule has 0 saturated heterocycles. The molecule has 0 amide bonds. The van der Waals surface area contributed by atoms with Crippen molar-refractivity contribution in [2.75, 3.05) is 20.6 Å². The molecule has 0 atom stereocenters. The maximum Gasteiger partial charge on any atom is 0.00100 e. The fraction of sp³-hybridized carbons (Fsp3) is 0.625. The number of fused-ring (bicyclic) bond motifs is 1. The van der Waals surface area contributed by atoms with Gasteiger partial charge in [-0.05, 0) is 69.3 Å². The van der Waals surface area contributed by atoms with Gasteiger partial charge >= 0.3 is 0 Å². The molecule has 1 fully saturated rings. The molecule has 0 unspecified atom stereocenters. The van der Waals surface area contributed by atoms with Crippen molar-refractivity contribution in [2.45, 2.75) is 44.9 Å². The summed E-state index contributed by atoms with van der Waals surface area (Å²) in [5.41, 5.74) is 4.81. The molecule has 2 rings (SSSR count). The molecule has 0 bridgehead atoms. The number of nitrogens with zero attached hydrogens (tertiary/aromatic N) is 1. The van der Waals surface area contributed by atoms with Gasteiger partial charge in [0.05, 0.1) is 0 Å². The van der Waals surface area contributed by atoms with Crippen LogP contribution in [0.5, 0.6) is 0 Å². The monoisotopic (exact) mass is 231 g/mol. The predicted molar refractivity (Wildman–Crippen MR) is 75.1 cm³/mol. The van der Waals surface area contributed by atoms with Crippen LogP contribution in [0.3, 0.4) is 0 Å². The van der Waals surface area contributed by atoms with Crippen LogP contribution >= 0.6 is 0 Å². The third-order valence-corrected chi connectivity index (χ3v) is 3.73. The van der Waals surface area contributed by atoms with Crippen molar-refractivity contribution >= 4 is 0 Å². The molecule has 2 aliphatic rings. The Kier molecular flexibility index (Phi) is 4.61. The molecule has 2 aliphatic carbocycles. The van der Waals surface area contributed by atoms with Crippen LogP contribution in [0.2, 0.25) is 0 Å². The molecule has 94 valence electrons. The summed E-state index contributed by atoms with van der Waals surface area (Å²) < 4.78 is 0. The Bertz CT molecular complexity index is 345. The molecule has 0 spiro atoms. The Balaban J connectivity index is 1.97. The summed E-state index contributed by atoms with van der Waals surface area (Å²) in [5.74, 6) is 0. The first-order chi connectivity index (χ1) is 8.25. The Morgan fingerprint density at radius 3 is 2.65 bits per heavy atom. The molecule has 0 aromatic rings. The molecule has 0 aliphatic heterocycles. The lowest BCUT2D eigenvalue weighted by molar-refractivity contribution is 0.417. The highest BCUT2D eigenvalue weighted by Crippen LogP contribution is 2.32. The Labute approximate surface area is 106 Å². The average Bonchev–Trinajstić information content (AvgIpc) is 2.53. The minimum absolute atomic E-state index is 1.16. The van der Waals surface area contributed by atoms with Crippen molar-refractivity contribution < 1.29 is 0 Å². The van der Waals surface area contributed by atoms with Gasteiger partial charge in [0.2, 0.25) is 0 Å². The number of hydrogen-bond acceptors (Lipinski definition) is 1. The highest BCUT2D eigenvalue weighted by molar-refractivity contribution is 5.43. The summed E-state index contributed by atoms with van der Waals surface area (Å²) >= 11 is 0. The van der Waals surface area contributed by atoms with Gasteiger partial charge in [-0.2, -0.15) is 0 Å². The van der Waals surface area contributed by atoms with Crippen molar-refractivity contribution in [2.24, 2.45) is 0 Å². The second-order valence-corrected chi connectivity index (χ2v) is 5.53. The Morgan fingerprint density at radius 2 is 1.88 bits per heavy atom. The van der Waals surface area contributed by atoms with Gasteiger partial charge in [-0.15, -0.1) is 0 Å². The third kappa shape index (κ3) is 3.85. The van der Waals surface area contributed by atoms with Gasteiger partial charge in [-0.3, -0.25) is 0 Å². The molecule has 1 nitrogen and oxygen atoms in total. The van der Waals surface area contributed by atoms with Crippen LogP contribution < -0.4 is 0 Å². The van der Waals surface area contributed by atoms with E-state index >= 15 is 0 Å². The predicted octanol–water partition coefficient (Wildman–Crippen LogP) is 4.09. The highest BCUT2D eigenvalue weighted by atomic mass is 15.0. The first-order valence-electron chi connectivity index (χ1n) is 6.99. The number of rotatable bonds is 3. The third-order valence-electron chi connectivity index (χ3n) is 3.73. The molecular weight excluding hydrogens is 206 g/mol. The topological polar surface area (TPSA) is 3.24 Å². The first kappa shape index (κ1) is 12.6. The van der Waals surface area contributed by atoms with E-state index in [-0.39, 0.29) is 0 Å². The summed E-state index contributed by atoms with van der Waals surface area (Å²) in [7, 11) is 4.28. The lowest BCUT2D eigenvalue weighted by atomic mass is 9.91. The SMILES string of the molecule is CN(C)CC/C=C1\C=C2CCCCCC2=CC1. The second kappa shape index (κ2) is 6.20. The van der Waals surface area contributed by atoms with Crippen LogP contribution in [0.1, 0.15) is 44.9 Å². The molecule has 1 heteroatoms. The van der Waals surface area contributed by atoms with Crippen LogP contribution in [-0.4, -0.2) is 25.5 Å². The van der Waals surface area contributed by atoms with Crippen LogP contribution in [0.4, 0.5) is 0 Å². The molecule has 0 radical (unpaired) electrons. The molecule has 17 heavy (non-hydrogen) atoms. The smallest absolute Gasteiger partial charge is 0.00100 e. The Morgan fingerprint density at radius 1 is 1.12 bits per heavy atom. The van der Waals surface area contributed by atoms with Crippen molar-refractivity contribution in [3.8, 4) is 0 Å². The van der Waals surface area contributed by atoms with Gasteiger partial charge in [-0.25, -0.2) is 0 Å². The normalized spacial score (nSPS) is 23.1. The quantitative estimate of drug-likeness (QED) is 0.707. The molecule has 0 N–H and O–H groups in total. The number of allylic oxidation sites excluding steroid dienone is 5. The summed E-state index contributed by atoms with van der Waals surface area (Å²) in [5, 5.41) is 0. The Hall–Kier alpha value is -0.820. The van der Waals surface area contributed by atoms with Crippen molar-refractivity contribution in [3.63, 3.8) is 0 Å². The van der Waals surface area contributed by atoms with E-state index in [1.807, 2.05) is 0 Å². The van der Waals surface area contributed by atoms with Gasteiger partial charge < -0.3 is 4.90 Å². The van der Waals surface area contributed by atoms with E-state index in [1.165, 1.54) is 44.1 Å². The lowest BCUT2D eigenvalue weighted by Crippen LogP contribution is -2.12. The maximum absolute atomic E-state index is 2.47. The highest BCUT2D eigenvalue weighted by Gasteiger charge is 2.13. The summed E-state index contributed by atoms with van der Waals surface area (Å²) in [6.07, 6.45) is 16.5. The van der Waals surface area contributed by atoms with Crippen molar-refractivity contribution in [1.82, 2.24) is 4.90 Å². The van der Waals surface area contributed by atoms with E-state index in [2.05, 4.69) is 37.2 Å². The first-order valence-corrected chi connectivity index (χ1v) is 6.99. The van der Waals surface area contributed by atoms with Crippen LogP contribution in [0.25, 0.3) is 0 Å². The fourth-order valence-electron chi connectivity index (χ4n) is 2.70. The molecule has 0 aromatic heterocycles. The zero-order valence-electron chi connectivity index (χ0n) is 11.3. The molecular formula is C16H25N. The van der Waals surface area contributed by atoms with Gasteiger partial charge in [0.25, 0.3) is 0 Å². The molecule has 0 aromatic carbocycles. The zero-order chi connectivity index (χ0) is 12.1. The van der Waals surface area contributed by atoms with Crippen LogP contribution in [0, 0.1) is 0 Å². The average molecular weight is 231 g/mol. The summed E-state index contributed by atoms with van der Waals surface area (Å²) in [6, 6.07) is 0. The van der Waals surface area contributed by atoms with E-state index in [0.29, 0.717) is 0 Å². The minimum Gasteiger partial charge on any atom is -0.309 e. The van der Waals surface area contributed by atoms with Crippen LogP contribution in [0.15, 0.2) is 34.9 Å².